The molecule has 3 heteroatoms. The first-order valence-electron chi connectivity index (χ1n) is 4.27. The van der Waals surface area contributed by atoms with Crippen molar-refractivity contribution in [3.8, 4) is 0 Å². The third-order valence-corrected chi connectivity index (χ3v) is 2.11. The van der Waals surface area contributed by atoms with E-state index in [9.17, 15) is 0 Å². The van der Waals surface area contributed by atoms with E-state index in [1.54, 1.807) is 0 Å². The van der Waals surface area contributed by atoms with Gasteiger partial charge in [0.05, 0.1) is 5.66 Å². The summed E-state index contributed by atoms with van der Waals surface area (Å²) in [4.78, 5) is 0. The SMILES string of the molecule is CCCC(CNC)(NC)NC. The monoisotopic (exact) mass is 159 g/mol. The Morgan fingerprint density at radius 2 is 1.64 bits per heavy atom. The maximum Gasteiger partial charge on any atom is 0.0810 e. The topological polar surface area (TPSA) is 36.1 Å². The molecule has 0 aromatic heterocycles. The molecule has 3 N–H and O–H groups in total. The molecule has 0 heterocycles. The van der Waals surface area contributed by atoms with Gasteiger partial charge in [-0.2, -0.15) is 0 Å². The lowest BCUT2D eigenvalue weighted by Crippen LogP contribution is -2.59. The van der Waals surface area contributed by atoms with E-state index in [0.29, 0.717) is 0 Å². The second-order valence-electron chi connectivity index (χ2n) is 2.86. The maximum absolute atomic E-state index is 3.29. The molecular weight excluding hydrogens is 138 g/mol. The first-order valence-corrected chi connectivity index (χ1v) is 4.27. The van der Waals surface area contributed by atoms with Gasteiger partial charge in [-0.05, 0) is 27.6 Å². The fourth-order valence-corrected chi connectivity index (χ4v) is 1.37. The molecule has 0 spiro atoms. The fourth-order valence-electron chi connectivity index (χ4n) is 1.37. The average Bonchev–Trinajstić information content (AvgIpc) is 2.04. The maximum atomic E-state index is 3.29. The van der Waals surface area contributed by atoms with Crippen molar-refractivity contribution < 1.29 is 0 Å². The van der Waals surface area contributed by atoms with Crippen molar-refractivity contribution >= 4 is 0 Å². The van der Waals surface area contributed by atoms with Gasteiger partial charge in [0.1, 0.15) is 0 Å². The second-order valence-corrected chi connectivity index (χ2v) is 2.86. The molecule has 11 heavy (non-hydrogen) atoms. The molecule has 0 aromatic carbocycles. The van der Waals surface area contributed by atoms with E-state index >= 15 is 0 Å². The Balaban J connectivity index is 3.96. The fraction of sp³-hybridized carbons (Fsp3) is 1.00. The lowest BCUT2D eigenvalue weighted by Gasteiger charge is -2.32. The highest BCUT2D eigenvalue weighted by molar-refractivity contribution is 4.83. The molecule has 0 radical (unpaired) electrons. The minimum atomic E-state index is 0.0729. The summed E-state index contributed by atoms with van der Waals surface area (Å²) in [6, 6.07) is 0. The van der Waals surface area contributed by atoms with Crippen molar-refractivity contribution in [1.29, 1.82) is 0 Å². The van der Waals surface area contributed by atoms with Crippen LogP contribution in [0.25, 0.3) is 0 Å². The molecule has 0 bridgehead atoms. The van der Waals surface area contributed by atoms with Crippen molar-refractivity contribution in [3.63, 3.8) is 0 Å². The van der Waals surface area contributed by atoms with E-state index < -0.39 is 0 Å². The Labute approximate surface area is 69.9 Å². The van der Waals surface area contributed by atoms with Gasteiger partial charge in [0, 0.05) is 6.54 Å². The molecule has 3 nitrogen and oxygen atoms in total. The summed E-state index contributed by atoms with van der Waals surface area (Å²) in [5.74, 6) is 0. The van der Waals surface area contributed by atoms with Crippen molar-refractivity contribution in [2.24, 2.45) is 0 Å². The first-order chi connectivity index (χ1) is 5.24. The lowest BCUT2D eigenvalue weighted by atomic mass is 10.0. The Bertz CT molecular complexity index is 81.3. The highest BCUT2D eigenvalue weighted by atomic mass is 15.2. The molecule has 0 atom stereocenters. The van der Waals surface area contributed by atoms with Crippen LogP contribution in [0.4, 0.5) is 0 Å². The van der Waals surface area contributed by atoms with Crippen LogP contribution in [-0.4, -0.2) is 33.4 Å². The van der Waals surface area contributed by atoms with Crippen molar-refractivity contribution in [1.82, 2.24) is 16.0 Å². The molecular formula is C8H21N3. The standard InChI is InChI=1S/C8H21N3/c1-5-6-8(10-3,11-4)7-9-2/h9-11H,5-7H2,1-4H3. The minimum absolute atomic E-state index is 0.0729. The zero-order chi connectivity index (χ0) is 8.74. The summed E-state index contributed by atoms with van der Waals surface area (Å²) in [6.45, 7) is 3.15. The van der Waals surface area contributed by atoms with Crippen LogP contribution in [0.1, 0.15) is 19.8 Å². The zero-order valence-corrected chi connectivity index (χ0v) is 8.12. The van der Waals surface area contributed by atoms with E-state index in [1.165, 1.54) is 6.42 Å². The summed E-state index contributed by atoms with van der Waals surface area (Å²) in [7, 11) is 5.95. The normalized spacial score (nSPS) is 12.0. The third-order valence-electron chi connectivity index (χ3n) is 2.11. The van der Waals surface area contributed by atoms with Gasteiger partial charge in [-0.15, -0.1) is 0 Å². The van der Waals surface area contributed by atoms with Crippen molar-refractivity contribution in [3.05, 3.63) is 0 Å². The second kappa shape index (κ2) is 5.52. The highest BCUT2D eigenvalue weighted by Crippen LogP contribution is 2.06. The van der Waals surface area contributed by atoms with Gasteiger partial charge in [-0.3, -0.25) is 0 Å². The predicted molar refractivity (Wildman–Crippen MR) is 49.7 cm³/mol. The average molecular weight is 159 g/mol. The number of rotatable bonds is 6. The number of hydrogen-bond donors (Lipinski definition) is 3. The summed E-state index contributed by atoms with van der Waals surface area (Å²) >= 11 is 0. The van der Waals surface area contributed by atoms with Crippen molar-refractivity contribution in [2.45, 2.75) is 25.4 Å². The molecule has 0 aliphatic rings. The van der Waals surface area contributed by atoms with Gasteiger partial charge in [0.25, 0.3) is 0 Å². The number of hydrogen-bond acceptors (Lipinski definition) is 3. The van der Waals surface area contributed by atoms with Crippen LogP contribution in [0.5, 0.6) is 0 Å². The van der Waals surface area contributed by atoms with E-state index in [2.05, 4.69) is 22.9 Å². The third kappa shape index (κ3) is 3.18. The molecule has 0 aliphatic carbocycles. The van der Waals surface area contributed by atoms with Gasteiger partial charge in [0.2, 0.25) is 0 Å². The molecule has 0 unspecified atom stereocenters. The molecule has 0 fully saturated rings. The number of nitrogens with one attached hydrogen (secondary N) is 3. The predicted octanol–water partition coefficient (Wildman–Crippen LogP) is 0.141. The van der Waals surface area contributed by atoms with Gasteiger partial charge in [-0.25, -0.2) is 0 Å². The first kappa shape index (κ1) is 10.9. The van der Waals surface area contributed by atoms with Crippen molar-refractivity contribution in [2.75, 3.05) is 27.7 Å². The van der Waals surface area contributed by atoms with E-state index in [0.717, 1.165) is 13.0 Å². The van der Waals surface area contributed by atoms with Crippen LogP contribution in [0.2, 0.25) is 0 Å². The molecule has 0 saturated carbocycles. The van der Waals surface area contributed by atoms with Crippen LogP contribution in [0.3, 0.4) is 0 Å². The van der Waals surface area contributed by atoms with Gasteiger partial charge in [0.15, 0.2) is 0 Å². The lowest BCUT2D eigenvalue weighted by molar-refractivity contribution is 0.264. The largest absolute Gasteiger partial charge is 0.317 e. The highest BCUT2D eigenvalue weighted by Gasteiger charge is 2.22. The van der Waals surface area contributed by atoms with E-state index in [-0.39, 0.29) is 5.66 Å². The summed E-state index contributed by atoms with van der Waals surface area (Å²) in [5, 5.41) is 9.76. The molecule has 0 aromatic rings. The molecule has 0 rings (SSSR count). The Morgan fingerprint density at radius 1 is 1.09 bits per heavy atom. The van der Waals surface area contributed by atoms with Crippen LogP contribution in [0.15, 0.2) is 0 Å². The van der Waals surface area contributed by atoms with Gasteiger partial charge < -0.3 is 16.0 Å². The summed E-state index contributed by atoms with van der Waals surface area (Å²) < 4.78 is 0. The minimum Gasteiger partial charge on any atom is -0.317 e. The summed E-state index contributed by atoms with van der Waals surface area (Å²) in [5.41, 5.74) is 0.0729. The summed E-state index contributed by atoms with van der Waals surface area (Å²) in [6.07, 6.45) is 2.32. The number of likely N-dealkylation sites (N-methyl/N-ethyl adjacent to an activating group) is 3. The van der Waals surface area contributed by atoms with E-state index in [4.69, 9.17) is 0 Å². The molecule has 68 valence electrons. The van der Waals surface area contributed by atoms with Crippen LogP contribution < -0.4 is 16.0 Å². The Morgan fingerprint density at radius 3 is 1.91 bits per heavy atom. The molecule has 0 saturated heterocycles. The van der Waals surface area contributed by atoms with Crippen LogP contribution in [0, 0.1) is 0 Å². The Hall–Kier alpha value is -0.120. The smallest absolute Gasteiger partial charge is 0.0810 e. The van der Waals surface area contributed by atoms with Crippen LogP contribution >= 0.6 is 0 Å². The van der Waals surface area contributed by atoms with Crippen LogP contribution in [-0.2, 0) is 0 Å². The quantitative estimate of drug-likeness (QED) is 0.483. The Kier molecular flexibility index (Phi) is 5.46. The van der Waals surface area contributed by atoms with Gasteiger partial charge >= 0.3 is 0 Å². The zero-order valence-electron chi connectivity index (χ0n) is 8.12. The molecule has 0 amide bonds. The van der Waals surface area contributed by atoms with E-state index in [1.807, 2.05) is 21.1 Å². The van der Waals surface area contributed by atoms with Gasteiger partial charge in [-0.1, -0.05) is 13.3 Å². The molecule has 0 aliphatic heterocycles.